The van der Waals surface area contributed by atoms with E-state index in [2.05, 4.69) is 9.97 Å². The molecule has 140 valence electrons. The summed E-state index contributed by atoms with van der Waals surface area (Å²) in [5, 5.41) is 0. The Kier molecular flexibility index (Phi) is 4.64. The summed E-state index contributed by atoms with van der Waals surface area (Å²) in [6.45, 7) is 4.37. The number of carbonyl (C=O) groups excluding carboxylic acids is 2. The van der Waals surface area contributed by atoms with Crippen LogP contribution >= 0.6 is 0 Å². The first kappa shape index (κ1) is 17.6. The van der Waals surface area contributed by atoms with Crippen LogP contribution in [0.15, 0.2) is 42.9 Å². The third kappa shape index (κ3) is 3.44. The summed E-state index contributed by atoms with van der Waals surface area (Å²) in [4.78, 5) is 38.3. The van der Waals surface area contributed by atoms with Gasteiger partial charge >= 0.3 is 0 Å². The van der Waals surface area contributed by atoms with Crippen LogP contribution in [-0.4, -0.2) is 51.2 Å². The zero-order valence-electron chi connectivity index (χ0n) is 15.6. The van der Waals surface area contributed by atoms with Gasteiger partial charge in [-0.2, -0.15) is 0 Å². The molecule has 1 aromatic heterocycles. The van der Waals surface area contributed by atoms with Crippen molar-refractivity contribution in [2.24, 2.45) is 5.41 Å². The van der Waals surface area contributed by atoms with Gasteiger partial charge in [-0.05, 0) is 43.9 Å². The lowest BCUT2D eigenvalue weighted by atomic mass is 9.80. The zero-order chi connectivity index (χ0) is 18.9. The fraction of sp³-hybridized carbons (Fsp3) is 0.429. The van der Waals surface area contributed by atoms with Crippen LogP contribution in [0.3, 0.4) is 0 Å². The van der Waals surface area contributed by atoms with Gasteiger partial charge in [-0.25, -0.2) is 9.97 Å². The van der Waals surface area contributed by atoms with Crippen molar-refractivity contribution in [2.45, 2.75) is 32.7 Å². The molecule has 2 amide bonds. The molecule has 0 N–H and O–H groups in total. The minimum absolute atomic E-state index is 0.00561. The van der Waals surface area contributed by atoms with Gasteiger partial charge in [0.05, 0.1) is 17.7 Å². The highest BCUT2D eigenvalue weighted by molar-refractivity contribution is 5.95. The smallest absolute Gasteiger partial charge is 0.253 e. The number of benzene rings is 1. The molecule has 1 unspecified atom stereocenters. The minimum Gasteiger partial charge on any atom is -0.338 e. The van der Waals surface area contributed by atoms with Crippen molar-refractivity contribution >= 4 is 11.8 Å². The quantitative estimate of drug-likeness (QED) is 0.820. The number of carbonyl (C=O) groups is 2. The second-order valence-corrected chi connectivity index (χ2v) is 7.73. The Morgan fingerprint density at radius 3 is 2.74 bits per heavy atom. The molecule has 0 aliphatic carbocycles. The first-order valence-electron chi connectivity index (χ1n) is 9.48. The molecule has 0 saturated carbocycles. The standard InChI is InChI=1S/C21H24N4O2/c1-21(20(27)24-11-8-17-12-22-15-23-18(17)13-24)9-5-10-25(14-21)19(26)16-6-3-2-4-7-16/h2-4,6-7,12,15H,5,8-11,13-14H2,1H3. The fourth-order valence-electron chi connectivity index (χ4n) is 4.16. The van der Waals surface area contributed by atoms with Gasteiger partial charge in [0.2, 0.25) is 5.91 Å². The number of hydrogen-bond acceptors (Lipinski definition) is 4. The van der Waals surface area contributed by atoms with E-state index < -0.39 is 5.41 Å². The van der Waals surface area contributed by atoms with Gasteiger partial charge in [0, 0.05) is 31.4 Å². The molecule has 6 heteroatoms. The van der Waals surface area contributed by atoms with Gasteiger partial charge in [-0.15, -0.1) is 0 Å². The maximum absolute atomic E-state index is 13.3. The van der Waals surface area contributed by atoms with Crippen molar-refractivity contribution in [3.05, 3.63) is 59.7 Å². The van der Waals surface area contributed by atoms with E-state index in [0.717, 1.165) is 30.5 Å². The molecular weight excluding hydrogens is 340 g/mol. The average Bonchev–Trinajstić information content (AvgIpc) is 2.73. The van der Waals surface area contributed by atoms with Crippen LogP contribution in [0, 0.1) is 5.41 Å². The summed E-state index contributed by atoms with van der Waals surface area (Å²) in [5.74, 6) is 0.128. The SMILES string of the molecule is CC1(C(=O)N2CCc3cncnc3C2)CCCN(C(=O)c2ccccc2)C1. The fourth-order valence-corrected chi connectivity index (χ4v) is 4.16. The Bertz CT molecular complexity index is 854. The van der Waals surface area contributed by atoms with E-state index in [1.165, 1.54) is 6.33 Å². The van der Waals surface area contributed by atoms with Crippen molar-refractivity contribution in [3.63, 3.8) is 0 Å². The molecule has 27 heavy (non-hydrogen) atoms. The zero-order valence-corrected chi connectivity index (χ0v) is 15.6. The largest absolute Gasteiger partial charge is 0.338 e. The first-order valence-corrected chi connectivity index (χ1v) is 9.48. The van der Waals surface area contributed by atoms with Crippen LogP contribution in [0.4, 0.5) is 0 Å². The molecule has 1 fully saturated rings. The number of hydrogen-bond donors (Lipinski definition) is 0. The Labute approximate surface area is 159 Å². The van der Waals surface area contributed by atoms with Gasteiger partial charge in [0.25, 0.3) is 5.91 Å². The molecule has 0 bridgehead atoms. The highest BCUT2D eigenvalue weighted by Crippen LogP contribution is 2.33. The van der Waals surface area contributed by atoms with Crippen LogP contribution in [0.1, 0.15) is 41.4 Å². The second kappa shape index (κ2) is 7.10. The molecule has 2 aromatic rings. The molecule has 1 saturated heterocycles. The third-order valence-corrected chi connectivity index (χ3v) is 5.68. The van der Waals surface area contributed by atoms with Gasteiger partial charge < -0.3 is 9.80 Å². The van der Waals surface area contributed by atoms with Crippen LogP contribution < -0.4 is 0 Å². The molecule has 0 spiro atoms. The van der Waals surface area contributed by atoms with Crippen LogP contribution in [-0.2, 0) is 17.8 Å². The molecule has 2 aliphatic rings. The minimum atomic E-state index is -0.548. The molecule has 1 aromatic carbocycles. The third-order valence-electron chi connectivity index (χ3n) is 5.68. The number of nitrogens with zero attached hydrogens (tertiary/aromatic N) is 4. The number of likely N-dealkylation sites (tertiary alicyclic amines) is 1. The Balaban J connectivity index is 1.49. The van der Waals surface area contributed by atoms with E-state index >= 15 is 0 Å². The highest BCUT2D eigenvalue weighted by Gasteiger charge is 2.42. The Morgan fingerprint density at radius 1 is 1.11 bits per heavy atom. The lowest BCUT2D eigenvalue weighted by Crippen LogP contribution is -2.53. The highest BCUT2D eigenvalue weighted by atomic mass is 16.2. The van der Waals surface area contributed by atoms with E-state index in [-0.39, 0.29) is 11.8 Å². The molecule has 1 atom stereocenters. The maximum atomic E-state index is 13.3. The summed E-state index contributed by atoms with van der Waals surface area (Å²) >= 11 is 0. The lowest BCUT2D eigenvalue weighted by Gasteiger charge is -2.42. The van der Waals surface area contributed by atoms with Crippen molar-refractivity contribution in [1.29, 1.82) is 0 Å². The lowest BCUT2D eigenvalue weighted by molar-refractivity contribution is -0.144. The molecule has 6 nitrogen and oxygen atoms in total. The molecule has 4 rings (SSSR count). The monoisotopic (exact) mass is 364 g/mol. The summed E-state index contributed by atoms with van der Waals surface area (Å²) in [5.41, 5.74) is 2.18. The van der Waals surface area contributed by atoms with E-state index in [1.807, 2.05) is 53.3 Å². The normalized spacial score (nSPS) is 22.3. The van der Waals surface area contributed by atoms with Crippen LogP contribution in [0.5, 0.6) is 0 Å². The number of amides is 2. The number of piperidine rings is 1. The molecule has 0 radical (unpaired) electrons. The predicted molar refractivity (Wildman–Crippen MR) is 101 cm³/mol. The van der Waals surface area contributed by atoms with Crippen molar-refractivity contribution in [3.8, 4) is 0 Å². The summed E-state index contributed by atoms with van der Waals surface area (Å²) in [6.07, 6.45) is 5.80. The van der Waals surface area contributed by atoms with Gasteiger partial charge in [0.1, 0.15) is 6.33 Å². The summed E-state index contributed by atoms with van der Waals surface area (Å²) in [7, 11) is 0. The number of aromatic nitrogens is 2. The van der Waals surface area contributed by atoms with E-state index in [1.54, 1.807) is 0 Å². The van der Waals surface area contributed by atoms with Gasteiger partial charge in [-0.1, -0.05) is 18.2 Å². The van der Waals surface area contributed by atoms with E-state index in [4.69, 9.17) is 0 Å². The van der Waals surface area contributed by atoms with Crippen molar-refractivity contribution < 1.29 is 9.59 Å². The average molecular weight is 364 g/mol. The second-order valence-electron chi connectivity index (χ2n) is 7.73. The number of rotatable bonds is 2. The molecular formula is C21H24N4O2. The van der Waals surface area contributed by atoms with Crippen molar-refractivity contribution in [1.82, 2.24) is 19.8 Å². The van der Waals surface area contributed by atoms with Crippen LogP contribution in [0.25, 0.3) is 0 Å². The number of fused-ring (bicyclic) bond motifs is 1. The van der Waals surface area contributed by atoms with Crippen LogP contribution in [0.2, 0.25) is 0 Å². The van der Waals surface area contributed by atoms with E-state index in [9.17, 15) is 9.59 Å². The van der Waals surface area contributed by atoms with E-state index in [0.29, 0.717) is 31.7 Å². The van der Waals surface area contributed by atoms with Crippen molar-refractivity contribution in [2.75, 3.05) is 19.6 Å². The molecule has 2 aliphatic heterocycles. The maximum Gasteiger partial charge on any atom is 0.253 e. The summed E-state index contributed by atoms with van der Waals surface area (Å²) in [6, 6.07) is 9.30. The predicted octanol–water partition coefficient (Wildman–Crippen LogP) is 2.30. The Hall–Kier alpha value is -2.76. The van der Waals surface area contributed by atoms with Gasteiger partial charge in [-0.3, -0.25) is 9.59 Å². The topological polar surface area (TPSA) is 66.4 Å². The summed E-state index contributed by atoms with van der Waals surface area (Å²) < 4.78 is 0. The molecule has 3 heterocycles. The van der Waals surface area contributed by atoms with Gasteiger partial charge in [0.15, 0.2) is 0 Å². The Morgan fingerprint density at radius 2 is 1.93 bits per heavy atom. The first-order chi connectivity index (χ1) is 13.1.